The molecule has 2 rings (SSSR count). The van der Waals surface area contributed by atoms with E-state index in [0.29, 0.717) is 0 Å². The van der Waals surface area contributed by atoms with E-state index in [9.17, 15) is 0 Å². The monoisotopic (exact) mass is 237 g/mol. The molecule has 0 amide bonds. The van der Waals surface area contributed by atoms with Gasteiger partial charge in [0.25, 0.3) is 0 Å². The molecule has 1 heterocycles. The number of hydrogen-bond acceptors (Lipinski definition) is 2. The maximum Gasteiger partial charge on any atom is 0.157 e. The van der Waals surface area contributed by atoms with E-state index in [1.807, 2.05) is 12.1 Å². The van der Waals surface area contributed by atoms with E-state index in [-0.39, 0.29) is 0 Å². The van der Waals surface area contributed by atoms with Gasteiger partial charge >= 0.3 is 0 Å². The van der Waals surface area contributed by atoms with E-state index in [2.05, 4.69) is 40.1 Å². The van der Waals surface area contributed by atoms with Crippen molar-refractivity contribution in [3.05, 3.63) is 40.7 Å². The molecule has 0 fully saturated rings. The lowest BCUT2D eigenvalue weighted by Gasteiger charge is -1.97. The second kappa shape index (κ2) is 3.34. The van der Waals surface area contributed by atoms with Gasteiger partial charge in [0.05, 0.1) is 5.56 Å². The Bertz CT molecular complexity index is 405. The highest BCUT2D eigenvalue weighted by Gasteiger charge is 2.05. The third-order valence-corrected chi connectivity index (χ3v) is 2.46. The zero-order valence-electron chi connectivity index (χ0n) is 7.12. The minimum absolute atomic E-state index is 0.747. The smallest absolute Gasteiger partial charge is 0.157 e. The average Bonchev–Trinajstić information content (AvgIpc) is 2.53. The minimum Gasteiger partial charge on any atom is -0.363 e. The molecule has 0 saturated heterocycles. The molecule has 2 aromatic rings. The van der Waals surface area contributed by atoms with Crippen LogP contribution in [-0.2, 0) is 0 Å². The molecule has 3 heteroatoms. The van der Waals surface area contributed by atoms with Crippen molar-refractivity contribution in [2.75, 3.05) is 0 Å². The number of aromatic nitrogens is 1. The molecule has 0 aliphatic carbocycles. The predicted octanol–water partition coefficient (Wildman–Crippen LogP) is 3.41. The van der Waals surface area contributed by atoms with Crippen LogP contribution >= 0.6 is 15.9 Å². The summed E-state index contributed by atoms with van der Waals surface area (Å²) in [5, 5.41) is 3.76. The highest BCUT2D eigenvalue weighted by atomic mass is 79.9. The molecular weight excluding hydrogens is 230 g/mol. The van der Waals surface area contributed by atoms with Crippen molar-refractivity contribution in [2.24, 2.45) is 0 Å². The molecule has 0 spiro atoms. The van der Waals surface area contributed by atoms with Gasteiger partial charge in [-0.05, 0) is 28.4 Å². The van der Waals surface area contributed by atoms with Gasteiger partial charge in [0.15, 0.2) is 4.60 Å². The first-order valence-electron chi connectivity index (χ1n) is 3.94. The zero-order valence-corrected chi connectivity index (χ0v) is 8.71. The van der Waals surface area contributed by atoms with Gasteiger partial charge in [-0.25, -0.2) is 0 Å². The molecule has 0 saturated carbocycles. The van der Waals surface area contributed by atoms with E-state index in [1.54, 1.807) is 6.26 Å². The summed E-state index contributed by atoms with van der Waals surface area (Å²) < 4.78 is 5.58. The van der Waals surface area contributed by atoms with Crippen LogP contribution in [-0.4, -0.2) is 5.16 Å². The molecule has 0 N–H and O–H groups in total. The number of hydrogen-bond donors (Lipinski definition) is 0. The summed E-state index contributed by atoms with van der Waals surface area (Å²) in [6, 6.07) is 8.22. The number of benzene rings is 1. The fourth-order valence-electron chi connectivity index (χ4n) is 1.14. The molecule has 0 aliphatic heterocycles. The van der Waals surface area contributed by atoms with Gasteiger partial charge < -0.3 is 4.52 Å². The highest BCUT2D eigenvalue weighted by molar-refractivity contribution is 9.10. The van der Waals surface area contributed by atoms with Gasteiger partial charge in [-0.15, -0.1) is 0 Å². The molecule has 66 valence electrons. The third-order valence-electron chi connectivity index (χ3n) is 1.89. The zero-order chi connectivity index (χ0) is 9.26. The molecule has 2 nitrogen and oxygen atoms in total. The van der Waals surface area contributed by atoms with Gasteiger partial charge in [0, 0.05) is 0 Å². The van der Waals surface area contributed by atoms with Gasteiger partial charge in [-0.1, -0.05) is 35.0 Å². The molecular formula is C10H8BrNO. The van der Waals surface area contributed by atoms with Gasteiger partial charge in [0.2, 0.25) is 0 Å². The van der Waals surface area contributed by atoms with Gasteiger partial charge in [-0.2, -0.15) is 0 Å². The quantitative estimate of drug-likeness (QED) is 0.760. The second-order valence-corrected chi connectivity index (χ2v) is 3.64. The van der Waals surface area contributed by atoms with Crippen LogP contribution in [0.25, 0.3) is 11.1 Å². The average molecular weight is 238 g/mol. The summed E-state index contributed by atoms with van der Waals surface area (Å²) in [5.74, 6) is 0. The summed E-state index contributed by atoms with van der Waals surface area (Å²) in [6.07, 6.45) is 1.63. The standard InChI is InChI=1S/C10H8BrNO/c1-7-2-4-8(5-3-7)9-6-13-12-10(9)11/h2-6H,1H3. The predicted molar refractivity (Wildman–Crippen MR) is 54.4 cm³/mol. The molecule has 0 radical (unpaired) electrons. The lowest BCUT2D eigenvalue weighted by atomic mass is 10.1. The molecule has 0 bridgehead atoms. The van der Waals surface area contributed by atoms with Crippen molar-refractivity contribution in [3.8, 4) is 11.1 Å². The summed E-state index contributed by atoms with van der Waals surface area (Å²) in [6.45, 7) is 2.06. The topological polar surface area (TPSA) is 26.0 Å². The van der Waals surface area contributed by atoms with Crippen LogP contribution in [0, 0.1) is 6.92 Å². The molecule has 0 unspecified atom stereocenters. The third kappa shape index (κ3) is 1.65. The highest BCUT2D eigenvalue weighted by Crippen LogP contribution is 2.26. The van der Waals surface area contributed by atoms with Crippen LogP contribution in [0.4, 0.5) is 0 Å². The fourth-order valence-corrected chi connectivity index (χ4v) is 1.55. The van der Waals surface area contributed by atoms with Crippen LogP contribution in [0.5, 0.6) is 0 Å². The normalized spacial score (nSPS) is 10.3. The summed E-state index contributed by atoms with van der Waals surface area (Å²) >= 11 is 3.32. The maximum atomic E-state index is 4.83. The molecule has 0 aliphatic rings. The fraction of sp³-hybridized carbons (Fsp3) is 0.100. The van der Waals surface area contributed by atoms with Crippen molar-refractivity contribution < 1.29 is 4.52 Å². The molecule has 0 atom stereocenters. The maximum absolute atomic E-state index is 4.83. The van der Waals surface area contributed by atoms with Crippen LogP contribution in [0.15, 0.2) is 39.7 Å². The lowest BCUT2D eigenvalue weighted by molar-refractivity contribution is 0.416. The molecule has 13 heavy (non-hydrogen) atoms. The van der Waals surface area contributed by atoms with Crippen molar-refractivity contribution in [1.29, 1.82) is 0 Å². The van der Waals surface area contributed by atoms with Crippen LogP contribution < -0.4 is 0 Å². The Morgan fingerprint density at radius 2 is 1.92 bits per heavy atom. The first-order chi connectivity index (χ1) is 6.27. The minimum atomic E-state index is 0.747. The molecule has 1 aromatic heterocycles. The van der Waals surface area contributed by atoms with E-state index < -0.39 is 0 Å². The summed E-state index contributed by atoms with van der Waals surface area (Å²) in [5.41, 5.74) is 3.34. The van der Waals surface area contributed by atoms with E-state index in [0.717, 1.165) is 15.7 Å². The molecule has 1 aromatic carbocycles. The number of nitrogens with zero attached hydrogens (tertiary/aromatic N) is 1. The largest absolute Gasteiger partial charge is 0.363 e. The Hall–Kier alpha value is -1.09. The van der Waals surface area contributed by atoms with Crippen molar-refractivity contribution in [2.45, 2.75) is 6.92 Å². The number of aryl methyl sites for hydroxylation is 1. The lowest BCUT2D eigenvalue weighted by Crippen LogP contribution is -1.76. The Kier molecular flexibility index (Phi) is 2.19. The van der Waals surface area contributed by atoms with Gasteiger partial charge in [0.1, 0.15) is 6.26 Å². The van der Waals surface area contributed by atoms with Crippen LogP contribution in [0.1, 0.15) is 5.56 Å². The van der Waals surface area contributed by atoms with Crippen LogP contribution in [0.3, 0.4) is 0 Å². The SMILES string of the molecule is Cc1ccc(-c2conc2Br)cc1. The first kappa shape index (κ1) is 8.51. The van der Waals surface area contributed by atoms with Crippen molar-refractivity contribution >= 4 is 15.9 Å². The Morgan fingerprint density at radius 3 is 2.46 bits per heavy atom. The van der Waals surface area contributed by atoms with Crippen molar-refractivity contribution in [3.63, 3.8) is 0 Å². The number of rotatable bonds is 1. The van der Waals surface area contributed by atoms with Gasteiger partial charge in [-0.3, -0.25) is 0 Å². The summed E-state index contributed by atoms with van der Waals surface area (Å²) in [4.78, 5) is 0. The van der Waals surface area contributed by atoms with Crippen molar-refractivity contribution in [1.82, 2.24) is 5.16 Å². The van der Waals surface area contributed by atoms with E-state index in [4.69, 9.17) is 4.52 Å². The van der Waals surface area contributed by atoms with E-state index in [1.165, 1.54) is 5.56 Å². The Balaban J connectivity index is 2.47. The van der Waals surface area contributed by atoms with E-state index >= 15 is 0 Å². The summed E-state index contributed by atoms with van der Waals surface area (Å²) in [7, 11) is 0. The number of halogens is 1. The Morgan fingerprint density at radius 1 is 1.23 bits per heavy atom. The van der Waals surface area contributed by atoms with Crippen LogP contribution in [0.2, 0.25) is 0 Å². The second-order valence-electron chi connectivity index (χ2n) is 2.89. The first-order valence-corrected chi connectivity index (χ1v) is 4.73. The Labute approximate surface area is 84.7 Å².